The molecule has 3 aliphatic heterocycles. The van der Waals surface area contributed by atoms with Gasteiger partial charge in [0, 0.05) is 30.2 Å². The summed E-state index contributed by atoms with van der Waals surface area (Å²) < 4.78 is 30.2. The van der Waals surface area contributed by atoms with Gasteiger partial charge in [0.15, 0.2) is 34.5 Å². The van der Waals surface area contributed by atoms with Crippen LogP contribution in [0, 0.1) is 0 Å². The number of methoxy groups -OCH3 is 4. The Morgan fingerprint density at radius 2 is 1.36 bits per heavy atom. The number of likely N-dealkylation sites (N-methyl/N-ethyl adjacent to an activating group) is 2. The van der Waals surface area contributed by atoms with Crippen molar-refractivity contribution in [1.29, 1.82) is 0 Å². The molecule has 3 atom stereocenters. The van der Waals surface area contributed by atoms with E-state index in [0.29, 0.717) is 40.9 Å². The van der Waals surface area contributed by atoms with Crippen LogP contribution in [-0.4, -0.2) is 69.1 Å². The van der Waals surface area contributed by atoms with Crippen LogP contribution in [0.2, 0.25) is 0 Å². The van der Waals surface area contributed by atoms with Gasteiger partial charge in [-0.2, -0.15) is 0 Å². The summed E-state index contributed by atoms with van der Waals surface area (Å²) in [4.78, 5) is 4.74. The van der Waals surface area contributed by atoms with E-state index in [9.17, 15) is 10.2 Å². The molecular formula is C38H42N2O7. The van der Waals surface area contributed by atoms with Crippen LogP contribution < -0.4 is 23.7 Å². The van der Waals surface area contributed by atoms with Gasteiger partial charge in [0.2, 0.25) is 5.75 Å². The molecule has 9 nitrogen and oxygen atoms in total. The molecule has 4 aromatic rings. The Bertz CT molecular complexity index is 1820. The van der Waals surface area contributed by atoms with Crippen molar-refractivity contribution in [1.82, 2.24) is 9.80 Å². The van der Waals surface area contributed by atoms with E-state index >= 15 is 0 Å². The largest absolute Gasteiger partial charge is 0.508 e. The monoisotopic (exact) mass is 638 g/mol. The Kier molecular flexibility index (Phi) is 8.06. The molecule has 1 unspecified atom stereocenters. The van der Waals surface area contributed by atoms with Crippen molar-refractivity contribution < 1.29 is 33.9 Å². The fraction of sp³-hybridized carbons (Fsp3) is 0.368. The predicted molar refractivity (Wildman–Crippen MR) is 179 cm³/mol. The Hall–Kier alpha value is -4.60. The minimum atomic E-state index is 0.0160. The van der Waals surface area contributed by atoms with Gasteiger partial charge < -0.3 is 33.9 Å². The SMILES string of the molecule is COc1cc2c(cc1O)[C@@H]1Cc3c(cc(OC)c(OC)c3Oc3cc4c(cc3OC)CCN(C)C4Cc3ccc(O)cc3)[C@H](C2)N1C. The van der Waals surface area contributed by atoms with Gasteiger partial charge in [-0.3, -0.25) is 9.80 Å². The Morgan fingerprint density at radius 3 is 2.06 bits per heavy atom. The highest BCUT2D eigenvalue weighted by molar-refractivity contribution is 5.64. The first kappa shape index (κ1) is 31.0. The van der Waals surface area contributed by atoms with E-state index in [1.54, 1.807) is 40.6 Å². The molecule has 0 spiro atoms. The minimum absolute atomic E-state index is 0.0160. The molecule has 2 bridgehead atoms. The second-order valence-electron chi connectivity index (χ2n) is 12.8. The molecule has 0 fully saturated rings. The Balaban J connectivity index is 1.33. The van der Waals surface area contributed by atoms with Crippen molar-refractivity contribution in [2.75, 3.05) is 49.1 Å². The molecule has 0 saturated heterocycles. The molecule has 3 heterocycles. The molecule has 9 heteroatoms. The number of nitrogens with zero attached hydrogens (tertiary/aromatic N) is 2. The second-order valence-corrected chi connectivity index (χ2v) is 12.8. The molecule has 0 saturated carbocycles. The third kappa shape index (κ3) is 5.27. The molecule has 7 rings (SSSR count). The van der Waals surface area contributed by atoms with Gasteiger partial charge in [0.25, 0.3) is 0 Å². The van der Waals surface area contributed by atoms with Crippen LogP contribution in [0.15, 0.2) is 54.6 Å². The van der Waals surface area contributed by atoms with Crippen LogP contribution in [-0.2, 0) is 25.7 Å². The van der Waals surface area contributed by atoms with E-state index in [-0.39, 0.29) is 29.6 Å². The van der Waals surface area contributed by atoms with E-state index in [2.05, 4.69) is 42.1 Å². The summed E-state index contributed by atoms with van der Waals surface area (Å²) in [6.07, 6.45) is 3.09. The zero-order chi connectivity index (χ0) is 33.0. The van der Waals surface area contributed by atoms with Crippen molar-refractivity contribution in [2.24, 2.45) is 0 Å². The quantitative estimate of drug-likeness (QED) is 0.224. The average Bonchev–Trinajstić information content (AvgIpc) is 3.07. The summed E-state index contributed by atoms with van der Waals surface area (Å²) in [5.74, 6) is 3.90. The Labute approximate surface area is 275 Å². The van der Waals surface area contributed by atoms with Crippen molar-refractivity contribution in [3.8, 4) is 46.0 Å². The number of fused-ring (bicyclic) bond motifs is 7. The van der Waals surface area contributed by atoms with Gasteiger partial charge in [0.05, 0.1) is 28.4 Å². The maximum Gasteiger partial charge on any atom is 0.204 e. The maximum absolute atomic E-state index is 10.7. The van der Waals surface area contributed by atoms with Crippen LogP contribution in [0.1, 0.15) is 57.1 Å². The first-order chi connectivity index (χ1) is 22.7. The molecule has 3 aliphatic rings. The Morgan fingerprint density at radius 1 is 0.681 bits per heavy atom. The predicted octanol–water partition coefficient (Wildman–Crippen LogP) is 6.52. The van der Waals surface area contributed by atoms with Gasteiger partial charge in [-0.05, 0) is 116 Å². The third-order valence-corrected chi connectivity index (χ3v) is 10.3. The third-order valence-electron chi connectivity index (χ3n) is 10.3. The van der Waals surface area contributed by atoms with Gasteiger partial charge in [-0.15, -0.1) is 0 Å². The molecule has 246 valence electrons. The van der Waals surface area contributed by atoms with E-state index in [1.807, 2.05) is 24.3 Å². The molecule has 47 heavy (non-hydrogen) atoms. The highest BCUT2D eigenvalue weighted by atomic mass is 16.5. The lowest BCUT2D eigenvalue weighted by atomic mass is 9.76. The average molecular weight is 639 g/mol. The zero-order valence-electron chi connectivity index (χ0n) is 27.8. The normalized spacial score (nSPS) is 20.1. The molecule has 4 aromatic carbocycles. The van der Waals surface area contributed by atoms with Crippen molar-refractivity contribution in [2.45, 2.75) is 43.8 Å². The number of rotatable bonds is 8. The molecule has 0 aliphatic carbocycles. The number of phenolic OH excluding ortho intramolecular Hbond substituents is 2. The smallest absolute Gasteiger partial charge is 0.204 e. The summed E-state index contributed by atoms with van der Waals surface area (Å²) in [7, 11) is 10.8. The van der Waals surface area contributed by atoms with Crippen LogP contribution in [0.25, 0.3) is 0 Å². The summed E-state index contributed by atoms with van der Waals surface area (Å²) in [5, 5.41) is 20.6. The van der Waals surface area contributed by atoms with Gasteiger partial charge in [-0.25, -0.2) is 0 Å². The number of aromatic hydroxyl groups is 2. The van der Waals surface area contributed by atoms with Crippen LogP contribution in [0.3, 0.4) is 0 Å². The lowest BCUT2D eigenvalue weighted by Crippen LogP contribution is -2.40. The highest BCUT2D eigenvalue weighted by Gasteiger charge is 2.42. The molecule has 0 radical (unpaired) electrons. The van der Waals surface area contributed by atoms with Gasteiger partial charge >= 0.3 is 0 Å². The summed E-state index contributed by atoms with van der Waals surface area (Å²) in [6, 6.07) is 17.7. The summed E-state index contributed by atoms with van der Waals surface area (Å²) >= 11 is 0. The van der Waals surface area contributed by atoms with E-state index in [1.165, 1.54) is 11.1 Å². The lowest BCUT2D eigenvalue weighted by Gasteiger charge is -2.46. The number of ether oxygens (including phenoxy) is 5. The van der Waals surface area contributed by atoms with E-state index < -0.39 is 0 Å². The fourth-order valence-corrected chi connectivity index (χ4v) is 7.78. The fourth-order valence-electron chi connectivity index (χ4n) is 7.78. The standard InChI is InChI=1S/C38H42N2O7/c1-39-12-11-22-15-34(44-4)35(19-26(22)29(39)13-21-7-9-24(41)10-8-21)47-37-28-17-31-25-18-32(42)33(43-3)16-23(25)14-30(40(31)2)27(28)20-36(45-5)38(37)46-6/h7-10,15-16,18-20,29-31,41-42H,11-14,17H2,1-6H3/t29?,30-,31-/m0/s1. The number of benzene rings is 4. The van der Waals surface area contributed by atoms with Crippen molar-refractivity contribution >= 4 is 0 Å². The van der Waals surface area contributed by atoms with Crippen LogP contribution >= 0.6 is 0 Å². The molecular weight excluding hydrogens is 596 g/mol. The minimum Gasteiger partial charge on any atom is -0.508 e. The first-order valence-corrected chi connectivity index (χ1v) is 16.0. The van der Waals surface area contributed by atoms with E-state index in [0.717, 1.165) is 53.6 Å². The van der Waals surface area contributed by atoms with Crippen LogP contribution in [0.4, 0.5) is 0 Å². The van der Waals surface area contributed by atoms with E-state index in [4.69, 9.17) is 23.7 Å². The molecule has 0 aromatic heterocycles. The maximum atomic E-state index is 10.7. The lowest BCUT2D eigenvalue weighted by molar-refractivity contribution is 0.135. The van der Waals surface area contributed by atoms with Gasteiger partial charge in [0.1, 0.15) is 5.75 Å². The number of phenols is 2. The van der Waals surface area contributed by atoms with Crippen LogP contribution in [0.5, 0.6) is 46.0 Å². The topological polar surface area (TPSA) is 93.1 Å². The zero-order valence-corrected chi connectivity index (χ0v) is 27.8. The second kappa shape index (κ2) is 12.2. The van der Waals surface area contributed by atoms with Crippen molar-refractivity contribution in [3.63, 3.8) is 0 Å². The summed E-state index contributed by atoms with van der Waals surface area (Å²) in [5.41, 5.74) is 7.99. The molecule has 2 N–H and O–H groups in total. The summed E-state index contributed by atoms with van der Waals surface area (Å²) in [6.45, 7) is 0.926. The number of hydrogen-bond donors (Lipinski definition) is 2. The van der Waals surface area contributed by atoms with Crippen molar-refractivity contribution in [3.05, 3.63) is 93.5 Å². The van der Waals surface area contributed by atoms with Gasteiger partial charge in [-0.1, -0.05) is 12.1 Å². The number of hydrogen-bond acceptors (Lipinski definition) is 9. The molecule has 0 amide bonds. The highest BCUT2D eigenvalue weighted by Crippen LogP contribution is 2.55. The first-order valence-electron chi connectivity index (χ1n) is 16.0.